The number of carbonyl (C=O) groups is 1. The van der Waals surface area contributed by atoms with Crippen LogP contribution in [-0.2, 0) is 10.9 Å². The van der Waals surface area contributed by atoms with Crippen molar-refractivity contribution in [2.45, 2.75) is 69.8 Å². The number of carbonyl (C=O) groups excluding carboxylic acids is 1. The molecule has 1 fully saturated rings. The molecule has 2 rings (SSSR count). The van der Waals surface area contributed by atoms with Gasteiger partial charge >= 0.3 is 12.3 Å². The first-order valence-electron chi connectivity index (χ1n) is 8.38. The van der Waals surface area contributed by atoms with E-state index in [4.69, 9.17) is 10.5 Å². The van der Waals surface area contributed by atoms with Crippen LogP contribution in [0.15, 0.2) is 24.3 Å². The molecule has 1 aromatic rings. The summed E-state index contributed by atoms with van der Waals surface area (Å²) in [5.41, 5.74) is 5.55. The van der Waals surface area contributed by atoms with Gasteiger partial charge in [-0.2, -0.15) is 13.2 Å². The van der Waals surface area contributed by atoms with Gasteiger partial charge in [-0.15, -0.1) is 0 Å². The lowest BCUT2D eigenvalue weighted by molar-refractivity contribution is -0.137. The van der Waals surface area contributed by atoms with Gasteiger partial charge in [-0.3, -0.25) is 0 Å². The summed E-state index contributed by atoms with van der Waals surface area (Å²) in [6.07, 6.45) is -3.10. The molecule has 3 N–H and O–H groups in total. The van der Waals surface area contributed by atoms with Crippen molar-refractivity contribution < 1.29 is 22.7 Å². The largest absolute Gasteiger partial charge is 0.444 e. The van der Waals surface area contributed by atoms with E-state index >= 15 is 0 Å². The molecule has 1 aliphatic carbocycles. The SMILES string of the molecule is CC(C)(C)OC(=O)NC1CCC(c2cccc(C(F)(F)F)c2)CC1N. The van der Waals surface area contributed by atoms with E-state index in [1.165, 1.54) is 12.1 Å². The van der Waals surface area contributed by atoms with Gasteiger partial charge in [-0.25, -0.2) is 4.79 Å². The third-order valence-corrected chi connectivity index (χ3v) is 4.29. The highest BCUT2D eigenvalue weighted by Crippen LogP contribution is 2.36. The Kier molecular flexibility index (Phi) is 5.66. The number of alkyl halides is 3. The van der Waals surface area contributed by atoms with E-state index in [0.717, 1.165) is 6.07 Å². The highest BCUT2D eigenvalue weighted by Gasteiger charge is 2.34. The molecule has 3 unspecified atom stereocenters. The number of amides is 1. The van der Waals surface area contributed by atoms with Crippen molar-refractivity contribution in [1.29, 1.82) is 0 Å². The molecule has 0 heterocycles. The molecule has 0 aromatic heterocycles. The molecule has 0 radical (unpaired) electrons. The monoisotopic (exact) mass is 358 g/mol. The van der Waals surface area contributed by atoms with Crippen molar-refractivity contribution in [3.8, 4) is 0 Å². The number of nitrogens with one attached hydrogen (secondary N) is 1. The summed E-state index contributed by atoms with van der Waals surface area (Å²) in [7, 11) is 0. The van der Waals surface area contributed by atoms with E-state index in [0.29, 0.717) is 24.8 Å². The highest BCUT2D eigenvalue weighted by molar-refractivity contribution is 5.68. The van der Waals surface area contributed by atoms with Crippen LogP contribution in [0, 0.1) is 0 Å². The summed E-state index contributed by atoms with van der Waals surface area (Å²) in [4.78, 5) is 11.9. The molecule has 140 valence electrons. The van der Waals surface area contributed by atoms with Gasteiger partial charge in [0.2, 0.25) is 0 Å². The number of hydrogen-bond donors (Lipinski definition) is 2. The number of rotatable bonds is 2. The standard InChI is InChI=1S/C18H25F3N2O2/c1-17(2,3)25-16(24)23-15-8-7-12(10-14(15)22)11-5-4-6-13(9-11)18(19,20)21/h4-6,9,12,14-15H,7-8,10,22H2,1-3H3,(H,23,24). The summed E-state index contributed by atoms with van der Waals surface area (Å²) >= 11 is 0. The number of alkyl carbamates (subject to hydrolysis) is 1. The molecule has 25 heavy (non-hydrogen) atoms. The first kappa shape index (κ1) is 19.6. The van der Waals surface area contributed by atoms with Crippen LogP contribution in [0.5, 0.6) is 0 Å². The Labute approximate surface area is 145 Å². The molecule has 0 spiro atoms. The van der Waals surface area contributed by atoms with Gasteiger partial charge in [0.25, 0.3) is 0 Å². The van der Waals surface area contributed by atoms with Crippen LogP contribution in [0.25, 0.3) is 0 Å². The zero-order valence-electron chi connectivity index (χ0n) is 14.7. The Balaban J connectivity index is 1.99. The molecule has 7 heteroatoms. The normalized spacial score (nSPS) is 24.7. The summed E-state index contributed by atoms with van der Waals surface area (Å²) in [5, 5.41) is 2.77. The van der Waals surface area contributed by atoms with E-state index in [2.05, 4.69) is 5.32 Å². The molecule has 4 nitrogen and oxygen atoms in total. The average molecular weight is 358 g/mol. The third-order valence-electron chi connectivity index (χ3n) is 4.29. The number of nitrogens with two attached hydrogens (primary N) is 1. The lowest BCUT2D eigenvalue weighted by Gasteiger charge is -2.35. The summed E-state index contributed by atoms with van der Waals surface area (Å²) in [5.74, 6) is -0.0472. The minimum atomic E-state index is -4.35. The Morgan fingerprint density at radius 1 is 1.24 bits per heavy atom. The molecular formula is C18H25F3N2O2. The molecule has 1 aliphatic rings. The summed E-state index contributed by atoms with van der Waals surface area (Å²) < 4.78 is 43.8. The van der Waals surface area contributed by atoms with Crippen molar-refractivity contribution in [2.75, 3.05) is 0 Å². The van der Waals surface area contributed by atoms with E-state index in [1.54, 1.807) is 26.8 Å². The molecule has 3 atom stereocenters. The summed E-state index contributed by atoms with van der Waals surface area (Å²) in [6, 6.07) is 4.82. The van der Waals surface area contributed by atoms with Gasteiger partial charge in [0.1, 0.15) is 5.60 Å². The second-order valence-electron chi connectivity index (χ2n) is 7.55. The van der Waals surface area contributed by atoms with E-state index in [-0.39, 0.29) is 18.0 Å². The molecule has 1 saturated carbocycles. The lowest BCUT2D eigenvalue weighted by atomic mass is 9.79. The fraction of sp³-hybridized carbons (Fsp3) is 0.611. The number of hydrogen-bond acceptors (Lipinski definition) is 3. The van der Waals surface area contributed by atoms with E-state index in [1.807, 2.05) is 0 Å². The van der Waals surface area contributed by atoms with Gasteiger partial charge < -0.3 is 15.8 Å². The topological polar surface area (TPSA) is 64.3 Å². The zero-order chi connectivity index (χ0) is 18.8. The minimum absolute atomic E-state index is 0.0472. The third kappa shape index (κ3) is 5.63. The van der Waals surface area contributed by atoms with Gasteiger partial charge in [-0.05, 0) is 57.6 Å². The molecule has 0 bridgehead atoms. The Morgan fingerprint density at radius 3 is 2.48 bits per heavy atom. The molecule has 1 amide bonds. The molecular weight excluding hydrogens is 333 g/mol. The van der Waals surface area contributed by atoms with Gasteiger partial charge in [0.15, 0.2) is 0 Å². The van der Waals surface area contributed by atoms with Crippen LogP contribution >= 0.6 is 0 Å². The molecule has 0 aliphatic heterocycles. The van der Waals surface area contributed by atoms with Crippen molar-refractivity contribution >= 4 is 6.09 Å². The van der Waals surface area contributed by atoms with Crippen LogP contribution < -0.4 is 11.1 Å². The first-order valence-corrected chi connectivity index (χ1v) is 8.38. The van der Waals surface area contributed by atoms with Crippen LogP contribution in [0.3, 0.4) is 0 Å². The number of benzene rings is 1. The fourth-order valence-electron chi connectivity index (χ4n) is 3.12. The van der Waals surface area contributed by atoms with E-state index in [9.17, 15) is 18.0 Å². The van der Waals surface area contributed by atoms with Crippen molar-refractivity contribution in [1.82, 2.24) is 5.32 Å². The zero-order valence-corrected chi connectivity index (χ0v) is 14.7. The van der Waals surface area contributed by atoms with Gasteiger partial charge in [0, 0.05) is 12.1 Å². The first-order chi connectivity index (χ1) is 11.5. The van der Waals surface area contributed by atoms with Gasteiger partial charge in [-0.1, -0.05) is 18.2 Å². The van der Waals surface area contributed by atoms with Crippen molar-refractivity contribution in [3.63, 3.8) is 0 Å². The maximum atomic E-state index is 12.9. The Hall–Kier alpha value is -1.76. The minimum Gasteiger partial charge on any atom is -0.444 e. The van der Waals surface area contributed by atoms with Crippen LogP contribution in [0.1, 0.15) is 57.1 Å². The second-order valence-corrected chi connectivity index (χ2v) is 7.55. The Bertz CT molecular complexity index is 611. The van der Waals surface area contributed by atoms with Crippen molar-refractivity contribution in [3.05, 3.63) is 35.4 Å². The van der Waals surface area contributed by atoms with E-state index < -0.39 is 23.4 Å². The Morgan fingerprint density at radius 2 is 1.92 bits per heavy atom. The predicted octanol–water partition coefficient (Wildman–Crippen LogP) is 4.19. The van der Waals surface area contributed by atoms with Crippen LogP contribution in [-0.4, -0.2) is 23.8 Å². The van der Waals surface area contributed by atoms with Gasteiger partial charge in [0.05, 0.1) is 5.56 Å². The quantitative estimate of drug-likeness (QED) is 0.833. The maximum Gasteiger partial charge on any atom is 0.416 e. The number of halogens is 3. The smallest absolute Gasteiger partial charge is 0.416 e. The molecule has 0 saturated heterocycles. The fourth-order valence-corrected chi connectivity index (χ4v) is 3.12. The predicted molar refractivity (Wildman–Crippen MR) is 89.2 cm³/mol. The molecule has 1 aromatic carbocycles. The summed E-state index contributed by atoms with van der Waals surface area (Å²) in [6.45, 7) is 5.32. The highest BCUT2D eigenvalue weighted by atomic mass is 19.4. The average Bonchev–Trinajstić information content (AvgIpc) is 2.46. The van der Waals surface area contributed by atoms with Crippen LogP contribution in [0.2, 0.25) is 0 Å². The second kappa shape index (κ2) is 7.23. The lowest BCUT2D eigenvalue weighted by Crippen LogP contribution is -2.51. The number of ether oxygens (including phenoxy) is 1. The van der Waals surface area contributed by atoms with Crippen LogP contribution in [0.4, 0.5) is 18.0 Å². The maximum absolute atomic E-state index is 12.9. The van der Waals surface area contributed by atoms with Crippen molar-refractivity contribution in [2.24, 2.45) is 5.73 Å².